The number of unbranched alkanes of at least 4 members (excludes halogenated alkanes) is 1. The van der Waals surface area contributed by atoms with Crippen molar-refractivity contribution in [2.45, 2.75) is 110 Å². The number of benzene rings is 4. The quantitative estimate of drug-likeness (QED) is 0.135. The first-order chi connectivity index (χ1) is 24.6. The highest BCUT2D eigenvalue weighted by atomic mass is 19.1. The van der Waals surface area contributed by atoms with Gasteiger partial charge < -0.3 is 0 Å². The number of rotatable bonds is 9. The van der Waals surface area contributed by atoms with Crippen molar-refractivity contribution in [3.8, 4) is 22.5 Å². The molecule has 3 heteroatoms. The second kappa shape index (κ2) is 11.3. The van der Waals surface area contributed by atoms with Crippen LogP contribution in [0.5, 0.6) is 0 Å². The number of nitrogens with zero attached hydrogens (tertiary/aromatic N) is 2. The van der Waals surface area contributed by atoms with Gasteiger partial charge in [-0.1, -0.05) is 95.1 Å². The summed E-state index contributed by atoms with van der Waals surface area (Å²) in [5, 5.41) is 5.21. The summed E-state index contributed by atoms with van der Waals surface area (Å²) in [5.41, 5.74) is 12.0. The molecule has 0 radical (unpaired) electrons. The summed E-state index contributed by atoms with van der Waals surface area (Å²) < 4.78 is 21.7. The van der Waals surface area contributed by atoms with Crippen LogP contribution >= 0.6 is 0 Å². The molecular weight excluding hydrogens is 624 g/mol. The van der Waals surface area contributed by atoms with Crippen molar-refractivity contribution in [3.05, 3.63) is 130 Å². The van der Waals surface area contributed by atoms with E-state index in [0.29, 0.717) is 5.92 Å². The largest absolute Gasteiger partial charge is 0.221 e. The molecule has 6 aromatic rings. The molecule has 1 saturated carbocycles. The number of pyridine rings is 2. The lowest BCUT2D eigenvalue weighted by Crippen LogP contribution is -2.56. The molecule has 1 fully saturated rings. The first-order valence-corrected chi connectivity index (χ1v) is 19.5. The van der Waals surface area contributed by atoms with Gasteiger partial charge in [-0.2, -0.15) is 9.13 Å². The van der Waals surface area contributed by atoms with Crippen molar-refractivity contribution in [2.24, 2.45) is 5.92 Å². The topological polar surface area (TPSA) is 7.76 Å². The smallest absolute Gasteiger partial charge is 0.207 e. The number of hydrogen-bond donors (Lipinski definition) is 0. The highest BCUT2D eigenvalue weighted by molar-refractivity contribution is 6.02. The molecule has 0 amide bonds. The Morgan fingerprint density at radius 3 is 2.37 bits per heavy atom. The Balaban J connectivity index is 1.24. The fourth-order valence-corrected chi connectivity index (χ4v) is 11.4. The van der Waals surface area contributed by atoms with Gasteiger partial charge in [0.1, 0.15) is 12.4 Å². The van der Waals surface area contributed by atoms with E-state index >= 15 is 4.39 Å². The summed E-state index contributed by atoms with van der Waals surface area (Å²) in [6.45, 7) is 16.9. The molecule has 2 aromatic heterocycles. The molecule has 3 atom stereocenters. The van der Waals surface area contributed by atoms with Crippen LogP contribution in [0.4, 0.5) is 4.39 Å². The van der Waals surface area contributed by atoms with Crippen LogP contribution in [0.15, 0.2) is 91.3 Å². The number of hydrogen-bond acceptors (Lipinski definition) is 0. The standard InChI is InChI=1S/C48H51FN2/c1-8-11-14-32-28-34-22-26-51-45-41(34)38(29-32)46(6,7)43-39(49)20-19-37(42(43)45)47(9-2)40(48(47,51)10-3)23-25-50-24-21-33-15-12-13-16-35(33)44(50)36-27-30(4)17-18-31(36)5/h12-13,15-22,24,26-29,40H,8-11,14,23,25H2,1-7H3/q+2. The zero-order valence-electron chi connectivity index (χ0n) is 31.5. The van der Waals surface area contributed by atoms with Crippen molar-refractivity contribution in [1.82, 2.24) is 0 Å². The zero-order chi connectivity index (χ0) is 35.4. The first-order valence-electron chi connectivity index (χ1n) is 19.5. The molecule has 3 unspecified atom stereocenters. The Labute approximate surface area is 303 Å². The van der Waals surface area contributed by atoms with Gasteiger partial charge in [0, 0.05) is 47.4 Å². The lowest BCUT2D eigenvalue weighted by molar-refractivity contribution is -0.739. The van der Waals surface area contributed by atoms with Gasteiger partial charge in [-0.05, 0) is 84.3 Å². The molecule has 0 N–H and O–H groups in total. The van der Waals surface area contributed by atoms with Gasteiger partial charge in [0.25, 0.3) is 0 Å². The summed E-state index contributed by atoms with van der Waals surface area (Å²) in [5.74, 6) is 0.351. The molecule has 3 aliphatic rings. The van der Waals surface area contributed by atoms with Crippen molar-refractivity contribution in [2.75, 3.05) is 0 Å². The highest BCUT2D eigenvalue weighted by Gasteiger charge is 2.85. The van der Waals surface area contributed by atoms with Crippen molar-refractivity contribution >= 4 is 21.5 Å². The molecule has 4 aromatic carbocycles. The van der Waals surface area contributed by atoms with Crippen LogP contribution in [-0.4, -0.2) is 0 Å². The third-order valence-corrected chi connectivity index (χ3v) is 13.7. The summed E-state index contributed by atoms with van der Waals surface area (Å²) in [6, 6.07) is 29.2. The molecule has 0 bridgehead atoms. The van der Waals surface area contributed by atoms with Crippen LogP contribution < -0.4 is 9.13 Å². The molecule has 2 aliphatic carbocycles. The van der Waals surface area contributed by atoms with E-state index in [1.807, 2.05) is 6.07 Å². The summed E-state index contributed by atoms with van der Waals surface area (Å²) in [7, 11) is 0. The van der Waals surface area contributed by atoms with Gasteiger partial charge in [-0.25, -0.2) is 4.39 Å². The van der Waals surface area contributed by atoms with Crippen LogP contribution in [0.1, 0.15) is 100 Å². The van der Waals surface area contributed by atoms with E-state index in [4.69, 9.17) is 0 Å². The van der Waals surface area contributed by atoms with Crippen LogP contribution in [0.3, 0.4) is 0 Å². The monoisotopic (exact) mass is 674 g/mol. The molecular formula is C48H51FN2+2. The van der Waals surface area contributed by atoms with Gasteiger partial charge in [-0.15, -0.1) is 0 Å². The summed E-state index contributed by atoms with van der Waals surface area (Å²) in [6.07, 6.45) is 11.2. The number of aryl methyl sites for hydroxylation is 4. The summed E-state index contributed by atoms with van der Waals surface area (Å²) >= 11 is 0. The molecule has 9 rings (SSSR count). The normalized spacial score (nSPS) is 22.0. The minimum atomic E-state index is -0.435. The lowest BCUT2D eigenvalue weighted by Gasteiger charge is -2.39. The molecule has 2 nitrogen and oxygen atoms in total. The average Bonchev–Trinajstić information content (AvgIpc) is 3.75. The minimum absolute atomic E-state index is 0.0592. The second-order valence-corrected chi connectivity index (χ2v) is 16.4. The van der Waals surface area contributed by atoms with Gasteiger partial charge in [0.2, 0.25) is 11.4 Å². The SMILES string of the molecule is CCCCc1cc2c3c4[n+](ccc3c1)C1(CC)C(CC[n+]3ccc5ccccc5c3-c3cc(C)ccc3C)C1(CC)c1ccc(F)c(c1-4)C2(C)C. The predicted octanol–water partition coefficient (Wildman–Crippen LogP) is 11.1. The van der Waals surface area contributed by atoms with Gasteiger partial charge in [-0.3, -0.25) is 0 Å². The minimum Gasteiger partial charge on any atom is -0.207 e. The van der Waals surface area contributed by atoms with E-state index in [-0.39, 0.29) is 16.8 Å². The van der Waals surface area contributed by atoms with Crippen molar-refractivity contribution < 1.29 is 13.5 Å². The van der Waals surface area contributed by atoms with E-state index in [0.717, 1.165) is 37.8 Å². The fourth-order valence-electron chi connectivity index (χ4n) is 11.4. The molecule has 3 heterocycles. The molecule has 258 valence electrons. The van der Waals surface area contributed by atoms with E-state index < -0.39 is 5.41 Å². The summed E-state index contributed by atoms with van der Waals surface area (Å²) in [4.78, 5) is 0. The third-order valence-electron chi connectivity index (χ3n) is 13.7. The maximum Gasteiger partial charge on any atom is 0.221 e. The lowest BCUT2D eigenvalue weighted by atomic mass is 9.65. The Kier molecular flexibility index (Phi) is 7.22. The molecule has 0 spiro atoms. The second-order valence-electron chi connectivity index (χ2n) is 16.4. The van der Waals surface area contributed by atoms with Gasteiger partial charge in [0.15, 0.2) is 17.9 Å². The average molecular weight is 675 g/mol. The number of halogens is 1. The fraction of sp³-hybridized carbons (Fsp3) is 0.375. The Bertz CT molecular complexity index is 2420. The first kappa shape index (κ1) is 32.5. The van der Waals surface area contributed by atoms with Crippen LogP contribution in [0, 0.1) is 25.6 Å². The van der Waals surface area contributed by atoms with Crippen LogP contribution in [-0.2, 0) is 29.3 Å². The zero-order valence-corrected chi connectivity index (χ0v) is 31.5. The third kappa shape index (κ3) is 4.15. The van der Waals surface area contributed by atoms with E-state index in [1.165, 1.54) is 84.7 Å². The van der Waals surface area contributed by atoms with E-state index in [1.54, 1.807) is 0 Å². The van der Waals surface area contributed by atoms with Crippen LogP contribution in [0.2, 0.25) is 0 Å². The molecule has 1 aliphatic heterocycles. The molecule has 51 heavy (non-hydrogen) atoms. The Morgan fingerprint density at radius 1 is 0.784 bits per heavy atom. The van der Waals surface area contributed by atoms with E-state index in [9.17, 15) is 0 Å². The highest BCUT2D eigenvalue weighted by Crippen LogP contribution is 2.74. The van der Waals surface area contributed by atoms with Crippen molar-refractivity contribution in [3.63, 3.8) is 0 Å². The Hall–Kier alpha value is -4.37. The predicted molar refractivity (Wildman–Crippen MR) is 208 cm³/mol. The number of fused-ring (bicyclic) bond motifs is 4. The number of aromatic nitrogens is 2. The van der Waals surface area contributed by atoms with Crippen LogP contribution in [0.25, 0.3) is 44.1 Å². The molecule has 0 saturated heterocycles. The van der Waals surface area contributed by atoms with Gasteiger partial charge in [0.05, 0.1) is 21.8 Å². The van der Waals surface area contributed by atoms with E-state index in [2.05, 4.69) is 143 Å². The van der Waals surface area contributed by atoms with Gasteiger partial charge >= 0.3 is 0 Å². The van der Waals surface area contributed by atoms with Crippen molar-refractivity contribution in [1.29, 1.82) is 0 Å². The maximum atomic E-state index is 16.5. The maximum absolute atomic E-state index is 16.5. The Morgan fingerprint density at radius 2 is 1.59 bits per heavy atom.